The molecule has 22 heavy (non-hydrogen) atoms. The molecule has 1 amide bonds. The van der Waals surface area contributed by atoms with Gasteiger partial charge < -0.3 is 15.8 Å². The molecule has 2 atom stereocenters. The molecule has 0 heterocycles. The molecular formula is C16H24Cl2N2O2. The number of nitrogens with one attached hydrogen (secondary N) is 1. The van der Waals surface area contributed by atoms with Gasteiger partial charge in [-0.25, -0.2) is 0 Å². The number of nitrogens with two attached hydrogens (primary N) is 1. The lowest BCUT2D eigenvalue weighted by atomic mass is 10.00. The molecule has 1 saturated carbocycles. The Morgan fingerprint density at radius 2 is 2.23 bits per heavy atom. The number of carbonyl (C=O) groups is 1. The van der Waals surface area contributed by atoms with Crippen molar-refractivity contribution in [1.29, 1.82) is 0 Å². The van der Waals surface area contributed by atoms with E-state index in [1.165, 1.54) is 0 Å². The highest BCUT2D eigenvalue weighted by Crippen LogP contribution is 2.30. The highest BCUT2D eigenvalue weighted by Gasteiger charge is 2.26. The second-order valence-electron chi connectivity index (χ2n) is 5.60. The minimum absolute atomic E-state index is 0. The molecule has 0 bridgehead atoms. The van der Waals surface area contributed by atoms with E-state index in [0.717, 1.165) is 25.7 Å². The van der Waals surface area contributed by atoms with Crippen LogP contribution in [0.4, 0.5) is 5.69 Å². The Morgan fingerprint density at radius 1 is 1.45 bits per heavy atom. The monoisotopic (exact) mass is 346 g/mol. The second kappa shape index (κ2) is 9.23. The average molecular weight is 347 g/mol. The fraction of sp³-hybridized carbons (Fsp3) is 0.562. The zero-order valence-corrected chi connectivity index (χ0v) is 14.4. The van der Waals surface area contributed by atoms with E-state index < -0.39 is 0 Å². The van der Waals surface area contributed by atoms with Crippen molar-refractivity contribution < 1.29 is 9.53 Å². The van der Waals surface area contributed by atoms with Crippen LogP contribution in [0.1, 0.15) is 39.0 Å². The number of amides is 1. The number of benzene rings is 1. The first-order valence-corrected chi connectivity index (χ1v) is 7.95. The summed E-state index contributed by atoms with van der Waals surface area (Å²) in [5.41, 5.74) is 6.65. The van der Waals surface area contributed by atoms with E-state index >= 15 is 0 Å². The van der Waals surface area contributed by atoms with E-state index in [9.17, 15) is 4.79 Å². The Kier molecular flexibility index (Phi) is 8.01. The summed E-state index contributed by atoms with van der Waals surface area (Å²) in [4.78, 5) is 12.2. The Labute approximate surface area is 143 Å². The summed E-state index contributed by atoms with van der Waals surface area (Å²) >= 11 is 6.00. The minimum atomic E-state index is -0.0269. The Bertz CT molecular complexity index is 497. The first-order chi connectivity index (χ1) is 10.1. The lowest BCUT2D eigenvalue weighted by Gasteiger charge is -2.16. The number of halogens is 2. The molecule has 6 heteroatoms. The molecule has 1 aliphatic rings. The first kappa shape index (κ1) is 19.1. The summed E-state index contributed by atoms with van der Waals surface area (Å²) in [7, 11) is 0. The molecular weight excluding hydrogens is 323 g/mol. The van der Waals surface area contributed by atoms with Crippen molar-refractivity contribution in [2.45, 2.75) is 45.1 Å². The molecule has 1 aromatic carbocycles. The van der Waals surface area contributed by atoms with E-state index in [-0.39, 0.29) is 30.3 Å². The largest absolute Gasteiger partial charge is 0.491 e. The van der Waals surface area contributed by atoms with Crippen molar-refractivity contribution in [3.8, 4) is 5.75 Å². The standard InChI is InChI=1S/C16H23ClN2O2.ClH/c1-2-8-21-15-7-6-12(17)10-14(15)19-16(20)9-11-4-3-5-13(11)18;/h6-7,10-11,13H,2-5,8-9,18H2,1H3,(H,19,20);1H/t11-,13+;/m0./s1. The molecule has 1 fully saturated rings. The lowest BCUT2D eigenvalue weighted by Crippen LogP contribution is -2.28. The topological polar surface area (TPSA) is 64.3 Å². The number of ether oxygens (including phenoxy) is 1. The van der Waals surface area contributed by atoms with Crippen LogP contribution < -0.4 is 15.8 Å². The van der Waals surface area contributed by atoms with Gasteiger partial charge in [-0.3, -0.25) is 4.79 Å². The summed E-state index contributed by atoms with van der Waals surface area (Å²) in [5.74, 6) is 0.912. The highest BCUT2D eigenvalue weighted by atomic mass is 35.5. The Morgan fingerprint density at radius 3 is 2.86 bits per heavy atom. The van der Waals surface area contributed by atoms with Gasteiger partial charge in [-0.05, 0) is 43.4 Å². The molecule has 3 N–H and O–H groups in total. The van der Waals surface area contributed by atoms with Crippen molar-refractivity contribution >= 4 is 35.6 Å². The molecule has 4 nitrogen and oxygen atoms in total. The minimum Gasteiger partial charge on any atom is -0.491 e. The van der Waals surface area contributed by atoms with Gasteiger partial charge in [0.15, 0.2) is 0 Å². The van der Waals surface area contributed by atoms with Crippen molar-refractivity contribution in [2.75, 3.05) is 11.9 Å². The third kappa shape index (κ3) is 5.34. The van der Waals surface area contributed by atoms with Crippen LogP contribution in [-0.2, 0) is 4.79 Å². The van der Waals surface area contributed by atoms with Crippen LogP contribution >= 0.6 is 24.0 Å². The van der Waals surface area contributed by atoms with Gasteiger partial charge in [0.05, 0.1) is 12.3 Å². The van der Waals surface area contributed by atoms with Gasteiger partial charge in [0.25, 0.3) is 0 Å². The molecule has 1 aromatic rings. The van der Waals surface area contributed by atoms with Crippen LogP contribution in [0.5, 0.6) is 5.75 Å². The fourth-order valence-electron chi connectivity index (χ4n) is 2.70. The van der Waals surface area contributed by atoms with E-state index in [1.807, 2.05) is 6.92 Å². The average Bonchev–Trinajstić information content (AvgIpc) is 2.83. The van der Waals surface area contributed by atoms with Gasteiger partial charge in [0.2, 0.25) is 5.91 Å². The Hall–Kier alpha value is -0.970. The van der Waals surface area contributed by atoms with Crippen LogP contribution in [-0.4, -0.2) is 18.6 Å². The van der Waals surface area contributed by atoms with Crippen molar-refractivity contribution in [3.05, 3.63) is 23.2 Å². The van der Waals surface area contributed by atoms with Crippen LogP contribution in [0, 0.1) is 5.92 Å². The van der Waals surface area contributed by atoms with Gasteiger partial charge in [0, 0.05) is 17.5 Å². The van der Waals surface area contributed by atoms with Crippen molar-refractivity contribution in [1.82, 2.24) is 0 Å². The molecule has 2 rings (SSSR count). The van der Waals surface area contributed by atoms with Gasteiger partial charge in [0.1, 0.15) is 5.75 Å². The molecule has 0 spiro atoms. The highest BCUT2D eigenvalue weighted by molar-refractivity contribution is 6.31. The van der Waals surface area contributed by atoms with E-state index in [1.54, 1.807) is 18.2 Å². The molecule has 0 aromatic heterocycles. The zero-order valence-electron chi connectivity index (χ0n) is 12.8. The fourth-order valence-corrected chi connectivity index (χ4v) is 2.87. The smallest absolute Gasteiger partial charge is 0.224 e. The molecule has 1 aliphatic carbocycles. The van der Waals surface area contributed by atoms with Crippen molar-refractivity contribution in [2.24, 2.45) is 11.7 Å². The second-order valence-corrected chi connectivity index (χ2v) is 6.03. The maximum Gasteiger partial charge on any atom is 0.224 e. The quantitative estimate of drug-likeness (QED) is 0.817. The van der Waals surface area contributed by atoms with Crippen LogP contribution in [0.2, 0.25) is 5.02 Å². The zero-order chi connectivity index (χ0) is 15.2. The molecule has 124 valence electrons. The maximum atomic E-state index is 12.2. The number of rotatable bonds is 6. The number of anilines is 1. The molecule has 0 unspecified atom stereocenters. The number of hydrogen-bond acceptors (Lipinski definition) is 3. The van der Waals surface area contributed by atoms with Gasteiger partial charge in [-0.15, -0.1) is 12.4 Å². The summed E-state index contributed by atoms with van der Waals surface area (Å²) in [5, 5.41) is 3.48. The summed E-state index contributed by atoms with van der Waals surface area (Å²) in [6.45, 7) is 2.65. The van der Waals surface area contributed by atoms with Crippen LogP contribution in [0.15, 0.2) is 18.2 Å². The van der Waals surface area contributed by atoms with Crippen molar-refractivity contribution in [3.63, 3.8) is 0 Å². The molecule has 0 saturated heterocycles. The molecule has 0 aliphatic heterocycles. The van der Waals surface area contributed by atoms with Gasteiger partial charge >= 0.3 is 0 Å². The summed E-state index contributed by atoms with van der Waals surface area (Å²) in [6, 6.07) is 5.41. The summed E-state index contributed by atoms with van der Waals surface area (Å²) in [6.07, 6.45) is 4.53. The summed E-state index contributed by atoms with van der Waals surface area (Å²) < 4.78 is 5.64. The van der Waals surface area contributed by atoms with Crippen LogP contribution in [0.25, 0.3) is 0 Å². The van der Waals surface area contributed by atoms with E-state index in [4.69, 9.17) is 22.1 Å². The van der Waals surface area contributed by atoms with Gasteiger partial charge in [-0.1, -0.05) is 24.9 Å². The predicted octanol–water partition coefficient (Wildman–Crippen LogP) is 4.01. The maximum absolute atomic E-state index is 12.2. The normalized spacial score (nSPS) is 20.3. The number of carbonyl (C=O) groups excluding carboxylic acids is 1. The lowest BCUT2D eigenvalue weighted by molar-refractivity contribution is -0.117. The number of hydrogen-bond donors (Lipinski definition) is 2. The third-order valence-electron chi connectivity index (χ3n) is 3.84. The van der Waals surface area contributed by atoms with E-state index in [2.05, 4.69) is 5.32 Å². The van der Waals surface area contributed by atoms with Gasteiger partial charge in [-0.2, -0.15) is 0 Å². The Balaban J connectivity index is 0.00000242. The van der Waals surface area contributed by atoms with Crippen LogP contribution in [0.3, 0.4) is 0 Å². The molecule has 0 radical (unpaired) electrons. The first-order valence-electron chi connectivity index (χ1n) is 7.58. The predicted molar refractivity (Wildman–Crippen MR) is 93.0 cm³/mol. The van der Waals surface area contributed by atoms with E-state index in [0.29, 0.717) is 29.5 Å². The SMILES string of the molecule is CCCOc1ccc(Cl)cc1NC(=O)C[C@@H]1CCC[C@H]1N.Cl. The third-order valence-corrected chi connectivity index (χ3v) is 4.08.